The van der Waals surface area contributed by atoms with Crippen LogP contribution in [0.3, 0.4) is 0 Å². The van der Waals surface area contributed by atoms with Crippen LogP contribution in [0.2, 0.25) is 0 Å². The molecule has 19 heavy (non-hydrogen) atoms. The van der Waals surface area contributed by atoms with Gasteiger partial charge in [-0.3, -0.25) is 4.79 Å². The number of rotatable bonds is 6. The van der Waals surface area contributed by atoms with Crippen LogP contribution in [0.15, 0.2) is 0 Å². The maximum absolute atomic E-state index is 13.1. The van der Waals surface area contributed by atoms with Crippen molar-refractivity contribution in [2.75, 3.05) is 19.6 Å². The number of alkyl halides is 4. The fourth-order valence-electron chi connectivity index (χ4n) is 2.20. The molecule has 1 saturated heterocycles. The lowest BCUT2D eigenvalue weighted by atomic mass is 10.0. The fraction of sp³-hybridized carbons (Fsp3) is 0.917. The molecule has 112 valence electrons. The third-order valence-corrected chi connectivity index (χ3v) is 3.19. The van der Waals surface area contributed by atoms with Gasteiger partial charge < -0.3 is 10.2 Å². The predicted octanol–water partition coefficient (Wildman–Crippen LogP) is 2.27. The van der Waals surface area contributed by atoms with Gasteiger partial charge >= 0.3 is 12.3 Å². The number of hydrogen-bond donors (Lipinski definition) is 1. The van der Waals surface area contributed by atoms with Crippen LogP contribution < -0.4 is 5.32 Å². The monoisotopic (exact) mass is 284 g/mol. The number of piperidine rings is 1. The van der Waals surface area contributed by atoms with Crippen LogP contribution in [-0.4, -0.2) is 48.8 Å². The SMILES string of the molecule is CCCN(CC1CCCCN1)C(=O)C(F)(F)C(F)F. The Balaban J connectivity index is 2.67. The van der Waals surface area contributed by atoms with Crippen molar-refractivity contribution < 1.29 is 22.4 Å². The molecule has 0 saturated carbocycles. The first-order chi connectivity index (χ1) is 8.89. The first-order valence-electron chi connectivity index (χ1n) is 6.58. The molecule has 0 spiro atoms. The lowest BCUT2D eigenvalue weighted by Crippen LogP contribution is -2.52. The minimum atomic E-state index is -4.59. The Kier molecular flexibility index (Phi) is 6.03. The highest BCUT2D eigenvalue weighted by atomic mass is 19.3. The van der Waals surface area contributed by atoms with Crippen LogP contribution in [0.25, 0.3) is 0 Å². The number of hydrogen-bond acceptors (Lipinski definition) is 2. The molecule has 1 N–H and O–H groups in total. The molecule has 1 heterocycles. The Morgan fingerprint density at radius 2 is 2.11 bits per heavy atom. The number of amides is 1. The van der Waals surface area contributed by atoms with Gasteiger partial charge in [0.1, 0.15) is 0 Å². The summed E-state index contributed by atoms with van der Waals surface area (Å²) in [6.07, 6.45) is -0.771. The summed E-state index contributed by atoms with van der Waals surface area (Å²) >= 11 is 0. The minimum absolute atomic E-state index is 0.0645. The Labute approximate surface area is 110 Å². The van der Waals surface area contributed by atoms with Gasteiger partial charge in [-0.1, -0.05) is 13.3 Å². The Morgan fingerprint density at radius 1 is 1.42 bits per heavy atom. The van der Waals surface area contributed by atoms with E-state index in [0.29, 0.717) is 6.42 Å². The topological polar surface area (TPSA) is 32.3 Å². The van der Waals surface area contributed by atoms with E-state index in [1.165, 1.54) is 0 Å². The van der Waals surface area contributed by atoms with Gasteiger partial charge in [0.05, 0.1) is 0 Å². The molecule has 7 heteroatoms. The second-order valence-electron chi connectivity index (χ2n) is 4.82. The highest BCUT2D eigenvalue weighted by Gasteiger charge is 2.51. The first kappa shape index (κ1) is 16.2. The summed E-state index contributed by atoms with van der Waals surface area (Å²) in [4.78, 5) is 12.4. The molecule has 0 bridgehead atoms. The van der Waals surface area contributed by atoms with E-state index in [9.17, 15) is 22.4 Å². The summed E-state index contributed by atoms with van der Waals surface area (Å²) in [5, 5.41) is 3.12. The molecule has 1 unspecified atom stereocenters. The Bertz CT molecular complexity index is 293. The van der Waals surface area contributed by atoms with E-state index in [0.717, 1.165) is 30.7 Å². The first-order valence-corrected chi connectivity index (χ1v) is 6.58. The van der Waals surface area contributed by atoms with Gasteiger partial charge in [0.25, 0.3) is 5.91 Å². The lowest BCUT2D eigenvalue weighted by Gasteiger charge is -2.32. The average Bonchev–Trinajstić information content (AvgIpc) is 2.38. The van der Waals surface area contributed by atoms with Gasteiger partial charge in [-0.15, -0.1) is 0 Å². The molecule has 0 aromatic carbocycles. The predicted molar refractivity (Wildman–Crippen MR) is 63.5 cm³/mol. The molecule has 1 rings (SSSR count). The fourth-order valence-corrected chi connectivity index (χ4v) is 2.20. The molecule has 0 radical (unpaired) electrons. The second kappa shape index (κ2) is 7.07. The van der Waals surface area contributed by atoms with Gasteiger partial charge in [-0.05, 0) is 25.8 Å². The van der Waals surface area contributed by atoms with Gasteiger partial charge in [-0.2, -0.15) is 8.78 Å². The summed E-state index contributed by atoms with van der Waals surface area (Å²) in [5.74, 6) is -6.36. The zero-order valence-corrected chi connectivity index (χ0v) is 11.0. The summed E-state index contributed by atoms with van der Waals surface area (Å²) in [5.41, 5.74) is 0. The van der Waals surface area contributed by atoms with Crippen LogP contribution >= 0.6 is 0 Å². The van der Waals surface area contributed by atoms with E-state index in [1.54, 1.807) is 6.92 Å². The van der Waals surface area contributed by atoms with Crippen LogP contribution in [0.5, 0.6) is 0 Å². The van der Waals surface area contributed by atoms with Crippen LogP contribution in [-0.2, 0) is 4.79 Å². The van der Waals surface area contributed by atoms with Crippen molar-refractivity contribution in [3.8, 4) is 0 Å². The molecule has 1 amide bonds. The van der Waals surface area contributed by atoms with Gasteiger partial charge in [0.15, 0.2) is 0 Å². The van der Waals surface area contributed by atoms with Crippen LogP contribution in [0, 0.1) is 0 Å². The highest BCUT2D eigenvalue weighted by Crippen LogP contribution is 2.26. The van der Waals surface area contributed by atoms with E-state index in [-0.39, 0.29) is 19.1 Å². The van der Waals surface area contributed by atoms with Crippen molar-refractivity contribution in [3.05, 3.63) is 0 Å². The van der Waals surface area contributed by atoms with Crippen molar-refractivity contribution in [1.82, 2.24) is 10.2 Å². The van der Waals surface area contributed by atoms with E-state index < -0.39 is 18.3 Å². The maximum atomic E-state index is 13.1. The number of nitrogens with zero attached hydrogens (tertiary/aromatic N) is 1. The summed E-state index contributed by atoms with van der Waals surface area (Å²) < 4.78 is 50.7. The van der Waals surface area contributed by atoms with Crippen molar-refractivity contribution >= 4 is 5.91 Å². The normalized spacial score (nSPS) is 20.6. The van der Waals surface area contributed by atoms with Gasteiger partial charge in [0, 0.05) is 19.1 Å². The standard InChI is InChI=1S/C12H20F4N2O/c1-2-7-18(8-9-5-3-4-6-17-9)11(19)12(15,16)10(13)14/h9-10,17H,2-8H2,1H3. The minimum Gasteiger partial charge on any atom is -0.336 e. The van der Waals surface area contributed by atoms with Gasteiger partial charge in [0.2, 0.25) is 0 Å². The summed E-state index contributed by atoms with van der Waals surface area (Å²) in [6.45, 7) is 2.62. The van der Waals surface area contributed by atoms with Crippen molar-refractivity contribution in [3.63, 3.8) is 0 Å². The highest BCUT2D eigenvalue weighted by molar-refractivity contribution is 5.84. The average molecular weight is 284 g/mol. The third-order valence-electron chi connectivity index (χ3n) is 3.19. The molecular formula is C12H20F4N2O. The third kappa shape index (κ3) is 4.33. The van der Waals surface area contributed by atoms with E-state index >= 15 is 0 Å². The van der Waals surface area contributed by atoms with Gasteiger partial charge in [-0.25, -0.2) is 8.78 Å². The smallest absolute Gasteiger partial charge is 0.336 e. The maximum Gasteiger partial charge on any atom is 0.383 e. The molecule has 0 aliphatic carbocycles. The zero-order chi connectivity index (χ0) is 14.5. The molecule has 1 aliphatic rings. The molecule has 1 aliphatic heterocycles. The zero-order valence-electron chi connectivity index (χ0n) is 11.0. The van der Waals surface area contributed by atoms with E-state index in [2.05, 4.69) is 5.32 Å². The van der Waals surface area contributed by atoms with Crippen LogP contribution in [0.1, 0.15) is 32.6 Å². The van der Waals surface area contributed by atoms with Crippen molar-refractivity contribution in [2.24, 2.45) is 0 Å². The molecule has 1 atom stereocenters. The van der Waals surface area contributed by atoms with E-state index in [1.807, 2.05) is 0 Å². The lowest BCUT2D eigenvalue weighted by molar-refractivity contribution is -0.181. The number of nitrogens with one attached hydrogen (secondary N) is 1. The number of halogens is 4. The molecular weight excluding hydrogens is 264 g/mol. The Hall–Kier alpha value is -0.850. The molecule has 0 aromatic rings. The van der Waals surface area contributed by atoms with Crippen LogP contribution in [0.4, 0.5) is 17.6 Å². The largest absolute Gasteiger partial charge is 0.383 e. The number of carbonyl (C=O) groups is 1. The van der Waals surface area contributed by atoms with Crippen molar-refractivity contribution in [1.29, 1.82) is 0 Å². The second-order valence-corrected chi connectivity index (χ2v) is 4.82. The molecule has 1 fully saturated rings. The quantitative estimate of drug-likeness (QED) is 0.759. The van der Waals surface area contributed by atoms with Crippen molar-refractivity contribution in [2.45, 2.75) is 51.0 Å². The van der Waals surface area contributed by atoms with E-state index in [4.69, 9.17) is 0 Å². The Morgan fingerprint density at radius 3 is 2.58 bits per heavy atom. The number of carbonyl (C=O) groups excluding carboxylic acids is 1. The molecule has 0 aromatic heterocycles. The molecule has 3 nitrogen and oxygen atoms in total. The summed E-state index contributed by atoms with van der Waals surface area (Å²) in [7, 11) is 0. The summed E-state index contributed by atoms with van der Waals surface area (Å²) in [6, 6.07) is -0.0854.